The fourth-order valence-electron chi connectivity index (χ4n) is 8.84. The van der Waals surface area contributed by atoms with E-state index in [1.165, 1.54) is 11.3 Å². The molecule has 2 aromatic rings. The number of aliphatic imine (C=N–C) groups is 1. The summed E-state index contributed by atoms with van der Waals surface area (Å²) in [6, 6.07) is 5.84. The van der Waals surface area contributed by atoms with E-state index < -0.39 is 0 Å². The highest BCUT2D eigenvalue weighted by Gasteiger charge is 2.49. The summed E-state index contributed by atoms with van der Waals surface area (Å²) in [5, 5.41) is 0.173. The van der Waals surface area contributed by atoms with E-state index in [9.17, 15) is 9.18 Å². The number of ether oxygens (including phenoxy) is 1. The number of carbonyl (C=O) groups excluding carboxylic acids is 1. The van der Waals surface area contributed by atoms with Gasteiger partial charge in [-0.1, -0.05) is 30.7 Å². The van der Waals surface area contributed by atoms with Crippen molar-refractivity contribution in [1.82, 2.24) is 24.7 Å². The van der Waals surface area contributed by atoms with Crippen LogP contribution in [0.25, 0.3) is 0 Å². The van der Waals surface area contributed by atoms with Gasteiger partial charge >= 0.3 is 6.01 Å². The molecule has 1 aromatic carbocycles. The van der Waals surface area contributed by atoms with E-state index in [1.807, 2.05) is 6.07 Å². The molecule has 5 aliphatic rings. The van der Waals surface area contributed by atoms with Crippen molar-refractivity contribution in [2.45, 2.75) is 69.5 Å². The number of amides is 1. The minimum Gasteiger partial charge on any atom is -0.461 e. The van der Waals surface area contributed by atoms with Gasteiger partial charge in [-0.3, -0.25) is 19.6 Å². The molecule has 1 aliphatic carbocycles. The van der Waals surface area contributed by atoms with Gasteiger partial charge in [0.25, 0.3) is 5.91 Å². The molecule has 12 heteroatoms. The van der Waals surface area contributed by atoms with Crippen LogP contribution in [0.1, 0.15) is 61.4 Å². The minimum atomic E-state index is -0.356. The molecule has 0 bridgehead atoms. The first kappa shape index (κ1) is 32.3. The van der Waals surface area contributed by atoms with E-state index >= 15 is 0 Å². The van der Waals surface area contributed by atoms with Gasteiger partial charge in [-0.05, 0) is 75.2 Å². The first-order valence-corrected chi connectivity index (χ1v) is 17.3. The number of carbonyl (C=O) groups is 1. The average molecular weight is 665 g/mol. The van der Waals surface area contributed by atoms with Crippen molar-refractivity contribution in [2.24, 2.45) is 16.6 Å². The second-order valence-corrected chi connectivity index (χ2v) is 14.9. The average Bonchev–Trinajstić information content (AvgIpc) is 3.63. The normalized spacial score (nSPS) is 28.0. The molecule has 1 spiro atoms. The van der Waals surface area contributed by atoms with Crippen LogP contribution in [0.15, 0.2) is 33.9 Å². The molecule has 3 atom stereocenters. The summed E-state index contributed by atoms with van der Waals surface area (Å²) in [5.74, 6) is 0.939. The van der Waals surface area contributed by atoms with E-state index in [-0.39, 0.29) is 33.5 Å². The Labute approximate surface area is 281 Å². The van der Waals surface area contributed by atoms with Crippen LogP contribution >= 0.6 is 11.6 Å². The molecule has 47 heavy (non-hydrogen) atoms. The van der Waals surface area contributed by atoms with Crippen molar-refractivity contribution in [1.29, 1.82) is 0 Å². The maximum Gasteiger partial charge on any atom is 0.318 e. The van der Waals surface area contributed by atoms with Crippen LogP contribution in [0.5, 0.6) is 6.01 Å². The lowest BCUT2D eigenvalue weighted by Gasteiger charge is -2.44. The zero-order valence-electron chi connectivity index (χ0n) is 28.0. The summed E-state index contributed by atoms with van der Waals surface area (Å²) in [6.45, 7) is 7.29. The zero-order chi connectivity index (χ0) is 33.1. The topological polar surface area (TPSA) is 103 Å². The van der Waals surface area contributed by atoms with Gasteiger partial charge in [0.15, 0.2) is 0 Å². The van der Waals surface area contributed by atoms with Crippen molar-refractivity contribution < 1.29 is 13.9 Å². The van der Waals surface area contributed by atoms with E-state index in [0.29, 0.717) is 63.3 Å². The number of anilines is 1. The highest BCUT2D eigenvalue weighted by Crippen LogP contribution is 2.49. The molecular formula is C35H46ClFN8O2. The van der Waals surface area contributed by atoms with E-state index in [4.69, 9.17) is 37.0 Å². The van der Waals surface area contributed by atoms with Crippen molar-refractivity contribution >= 4 is 29.0 Å². The molecule has 1 unspecified atom stereocenters. The van der Waals surface area contributed by atoms with Gasteiger partial charge in [-0.15, -0.1) is 0 Å². The third-order valence-corrected chi connectivity index (χ3v) is 11.6. The number of rotatable bonds is 6. The van der Waals surface area contributed by atoms with Gasteiger partial charge in [0, 0.05) is 52.3 Å². The third-order valence-electron chi connectivity index (χ3n) is 11.2. The van der Waals surface area contributed by atoms with Gasteiger partial charge in [-0.2, -0.15) is 9.97 Å². The molecule has 4 aliphatic heterocycles. The monoisotopic (exact) mass is 664 g/mol. The van der Waals surface area contributed by atoms with Crippen LogP contribution in [0.3, 0.4) is 0 Å². The number of nitrogens with zero attached hydrogens (tertiary/aromatic N) is 7. The fraction of sp³-hybridized carbons (Fsp3) is 0.600. The van der Waals surface area contributed by atoms with Crippen LogP contribution in [-0.4, -0.2) is 102 Å². The lowest BCUT2D eigenvalue weighted by Crippen LogP contribution is -2.48. The largest absolute Gasteiger partial charge is 0.461 e. The van der Waals surface area contributed by atoms with Crippen LogP contribution in [0.4, 0.5) is 10.2 Å². The number of likely N-dealkylation sites (N-methyl/N-ethyl adjacent to an activating group) is 2. The number of hydrogen-bond acceptors (Lipinski definition) is 9. The maximum absolute atomic E-state index is 15.0. The van der Waals surface area contributed by atoms with Crippen molar-refractivity contribution in [3.8, 4) is 6.01 Å². The summed E-state index contributed by atoms with van der Waals surface area (Å²) < 4.78 is 21.6. The Bertz CT molecular complexity index is 1650. The maximum atomic E-state index is 15.0. The number of hydrogen-bond donors (Lipinski definition) is 1. The predicted octanol–water partition coefficient (Wildman–Crippen LogP) is 3.85. The lowest BCUT2D eigenvalue weighted by atomic mass is 9.81. The fourth-order valence-corrected chi connectivity index (χ4v) is 9.04. The molecule has 10 nitrogen and oxygen atoms in total. The molecule has 5 heterocycles. The highest BCUT2D eigenvalue weighted by molar-refractivity contribution is 6.45. The van der Waals surface area contributed by atoms with E-state index in [1.54, 1.807) is 20.2 Å². The second kappa shape index (κ2) is 12.3. The van der Waals surface area contributed by atoms with Crippen LogP contribution in [-0.2, 0) is 29.7 Å². The Balaban J connectivity index is 1.27. The molecular weight excluding hydrogens is 619 g/mol. The SMILES string of the molecule is CC1CN2CCC[C@@]2(COc2nc3c(c(N4CCCN=C(C(Cl)=C(N)C(=O)N(C)C)C4)n2)CN(C)[C@@]2(CCc4c(F)cccc42)C3)C1. The summed E-state index contributed by atoms with van der Waals surface area (Å²) >= 11 is 6.75. The van der Waals surface area contributed by atoms with Crippen LogP contribution in [0.2, 0.25) is 0 Å². The number of benzene rings is 1. The molecule has 0 saturated carbocycles. The summed E-state index contributed by atoms with van der Waals surface area (Å²) in [6.07, 6.45) is 6.36. The lowest BCUT2D eigenvalue weighted by molar-refractivity contribution is -0.124. The Morgan fingerprint density at radius 1 is 1.17 bits per heavy atom. The van der Waals surface area contributed by atoms with Crippen LogP contribution < -0.4 is 15.4 Å². The standard InChI is InChI=1S/C35H46ClFN8O2/c1-22-16-34(11-6-15-45(34)18-22)21-47-33-40-27-17-35(12-10-23-25(35)8-5-9-26(23)37)43(4)19-24(27)31(41-33)44-14-7-13-39-28(20-44)29(36)30(38)32(46)42(2)3/h5,8-9,22H,6-7,10-21,38H2,1-4H3/t22?,34-,35-/m0/s1. The second-order valence-electron chi connectivity index (χ2n) is 14.5. The predicted molar refractivity (Wildman–Crippen MR) is 181 cm³/mol. The molecule has 2 fully saturated rings. The molecule has 1 aromatic heterocycles. The molecule has 0 radical (unpaired) electrons. The molecule has 1 amide bonds. The van der Waals surface area contributed by atoms with Crippen LogP contribution in [0, 0.1) is 11.7 Å². The molecule has 252 valence electrons. The Morgan fingerprint density at radius 3 is 2.81 bits per heavy atom. The van der Waals surface area contributed by atoms with Gasteiger partial charge in [0.05, 0.1) is 34.1 Å². The molecule has 2 saturated heterocycles. The number of aromatic nitrogens is 2. The quantitative estimate of drug-likeness (QED) is 0.465. The summed E-state index contributed by atoms with van der Waals surface area (Å²) in [4.78, 5) is 36.2. The van der Waals surface area contributed by atoms with Gasteiger partial charge in [0.2, 0.25) is 0 Å². The summed E-state index contributed by atoms with van der Waals surface area (Å²) in [7, 11) is 5.41. The number of halogens is 2. The van der Waals surface area contributed by atoms with Crippen molar-refractivity contribution in [2.75, 3.05) is 65.4 Å². The first-order valence-electron chi connectivity index (χ1n) is 16.9. The Hall–Kier alpha value is -3.28. The minimum absolute atomic E-state index is 0.0222. The molecule has 7 rings (SSSR count). The summed E-state index contributed by atoms with van der Waals surface area (Å²) in [5.41, 5.74) is 10.3. The number of fused-ring (bicyclic) bond motifs is 4. The van der Waals surface area contributed by atoms with E-state index in [0.717, 1.165) is 67.0 Å². The van der Waals surface area contributed by atoms with Gasteiger partial charge in [0.1, 0.15) is 23.9 Å². The first-order chi connectivity index (χ1) is 22.5. The smallest absolute Gasteiger partial charge is 0.318 e. The van der Waals surface area contributed by atoms with Crippen molar-refractivity contribution in [3.05, 3.63) is 57.1 Å². The number of nitrogens with two attached hydrogens (primary N) is 1. The Morgan fingerprint density at radius 2 is 2.00 bits per heavy atom. The van der Waals surface area contributed by atoms with Gasteiger partial charge in [-0.25, -0.2) is 4.39 Å². The zero-order valence-corrected chi connectivity index (χ0v) is 28.7. The third kappa shape index (κ3) is 5.57. The van der Waals surface area contributed by atoms with Gasteiger partial charge < -0.3 is 20.3 Å². The Kier molecular flexibility index (Phi) is 8.45. The van der Waals surface area contributed by atoms with Crippen molar-refractivity contribution in [3.63, 3.8) is 0 Å². The molecule has 2 N–H and O–H groups in total. The highest BCUT2D eigenvalue weighted by atomic mass is 35.5. The van der Waals surface area contributed by atoms with E-state index in [2.05, 4.69) is 34.7 Å².